The number of rotatable bonds is 5. The van der Waals surface area contributed by atoms with Gasteiger partial charge in [-0.25, -0.2) is 4.39 Å². The van der Waals surface area contributed by atoms with Crippen molar-refractivity contribution in [3.8, 4) is 0 Å². The van der Waals surface area contributed by atoms with Crippen LogP contribution in [0, 0.1) is 5.82 Å². The average Bonchev–Trinajstić information content (AvgIpc) is 2.87. The summed E-state index contributed by atoms with van der Waals surface area (Å²) in [6.07, 6.45) is 5.55. The van der Waals surface area contributed by atoms with E-state index in [-0.39, 0.29) is 5.82 Å². The van der Waals surface area contributed by atoms with E-state index in [1.54, 1.807) is 23.0 Å². The maximum Gasteiger partial charge on any atom is 0.126 e. The maximum atomic E-state index is 13.6. The van der Waals surface area contributed by atoms with Crippen LogP contribution in [-0.4, -0.2) is 27.6 Å². The molecule has 1 heterocycles. The van der Waals surface area contributed by atoms with E-state index >= 15 is 0 Å². The van der Waals surface area contributed by atoms with Crippen LogP contribution in [0.25, 0.3) is 0 Å². The highest BCUT2D eigenvalue weighted by Crippen LogP contribution is 2.37. The Morgan fingerprint density at radius 2 is 2.16 bits per heavy atom. The normalized spacial score (nSPS) is 22.2. The van der Waals surface area contributed by atoms with Crippen molar-refractivity contribution in [2.75, 3.05) is 6.54 Å². The van der Waals surface area contributed by atoms with Crippen LogP contribution >= 0.6 is 0 Å². The fourth-order valence-corrected chi connectivity index (χ4v) is 2.58. The molecule has 0 amide bonds. The quantitative estimate of drug-likeness (QED) is 0.893. The highest BCUT2D eigenvalue weighted by atomic mass is 19.1. The van der Waals surface area contributed by atoms with E-state index in [4.69, 9.17) is 0 Å². The zero-order valence-electron chi connectivity index (χ0n) is 10.7. The molecule has 1 N–H and O–H groups in total. The molecule has 100 valence electrons. The summed E-state index contributed by atoms with van der Waals surface area (Å²) in [5.41, 5.74) is 0.858. The van der Waals surface area contributed by atoms with Gasteiger partial charge in [-0.1, -0.05) is 23.4 Å². The minimum absolute atomic E-state index is 0.0754. The second-order valence-corrected chi connectivity index (χ2v) is 5.01. The van der Waals surface area contributed by atoms with Crippen LogP contribution in [0.3, 0.4) is 0 Å². The van der Waals surface area contributed by atoms with Crippen molar-refractivity contribution >= 4 is 0 Å². The van der Waals surface area contributed by atoms with Gasteiger partial charge in [0, 0.05) is 18.8 Å². The molecule has 19 heavy (non-hydrogen) atoms. The molecule has 0 spiro atoms. The topological polar surface area (TPSA) is 42.7 Å². The SMILES string of the molecule is Fc1ccccc1C1CC(NCCn2ccnn2)C1. The molecule has 3 rings (SSSR count). The van der Waals surface area contributed by atoms with Gasteiger partial charge in [-0.15, -0.1) is 5.10 Å². The average molecular weight is 260 g/mol. The minimum Gasteiger partial charge on any atom is -0.312 e. The highest BCUT2D eigenvalue weighted by molar-refractivity contribution is 5.24. The van der Waals surface area contributed by atoms with Crippen molar-refractivity contribution in [1.29, 1.82) is 0 Å². The number of hydrogen-bond donors (Lipinski definition) is 1. The van der Waals surface area contributed by atoms with Crippen LogP contribution < -0.4 is 5.32 Å². The largest absolute Gasteiger partial charge is 0.312 e. The van der Waals surface area contributed by atoms with E-state index in [0.717, 1.165) is 31.5 Å². The van der Waals surface area contributed by atoms with Gasteiger partial charge in [0.15, 0.2) is 0 Å². The van der Waals surface area contributed by atoms with Crippen LogP contribution in [0.1, 0.15) is 24.3 Å². The molecule has 1 aromatic heterocycles. The van der Waals surface area contributed by atoms with Crippen LogP contribution in [0.15, 0.2) is 36.7 Å². The predicted molar refractivity (Wildman–Crippen MR) is 70.2 cm³/mol. The third kappa shape index (κ3) is 2.81. The van der Waals surface area contributed by atoms with Crippen molar-refractivity contribution in [2.45, 2.75) is 31.3 Å². The zero-order chi connectivity index (χ0) is 13.1. The molecule has 0 saturated heterocycles. The van der Waals surface area contributed by atoms with Gasteiger partial charge in [-0.05, 0) is 30.4 Å². The third-order valence-corrected chi connectivity index (χ3v) is 3.73. The van der Waals surface area contributed by atoms with E-state index in [1.165, 1.54) is 0 Å². The summed E-state index contributed by atoms with van der Waals surface area (Å²) >= 11 is 0. The van der Waals surface area contributed by atoms with Crippen molar-refractivity contribution in [3.05, 3.63) is 48.0 Å². The van der Waals surface area contributed by atoms with E-state index < -0.39 is 0 Å². The van der Waals surface area contributed by atoms with Gasteiger partial charge in [0.05, 0.1) is 12.7 Å². The lowest BCUT2D eigenvalue weighted by Gasteiger charge is -2.36. The predicted octanol–water partition coefficient (Wildman–Crippen LogP) is 1.95. The molecule has 0 unspecified atom stereocenters. The van der Waals surface area contributed by atoms with Gasteiger partial charge in [-0.2, -0.15) is 0 Å². The minimum atomic E-state index is -0.0754. The lowest BCUT2D eigenvalue weighted by atomic mass is 9.75. The van der Waals surface area contributed by atoms with Gasteiger partial charge in [0.1, 0.15) is 5.82 Å². The molecule has 1 aliphatic carbocycles. The Kier molecular flexibility index (Phi) is 3.55. The standard InChI is InChI=1S/C14H17FN4/c15-14-4-2-1-3-13(14)11-9-12(10-11)16-5-7-19-8-6-17-18-19/h1-4,6,8,11-12,16H,5,7,9-10H2. The molecular weight excluding hydrogens is 243 g/mol. The van der Waals surface area contributed by atoms with Crippen molar-refractivity contribution < 1.29 is 4.39 Å². The molecule has 1 saturated carbocycles. The summed E-state index contributed by atoms with van der Waals surface area (Å²) < 4.78 is 15.4. The van der Waals surface area contributed by atoms with Gasteiger partial charge in [0.25, 0.3) is 0 Å². The van der Waals surface area contributed by atoms with Crippen molar-refractivity contribution in [1.82, 2.24) is 20.3 Å². The molecule has 0 atom stereocenters. The van der Waals surface area contributed by atoms with E-state index in [9.17, 15) is 4.39 Å². The van der Waals surface area contributed by atoms with Crippen LogP contribution in [0.4, 0.5) is 4.39 Å². The molecule has 0 bridgehead atoms. The number of nitrogens with zero attached hydrogens (tertiary/aromatic N) is 3. The molecule has 2 aromatic rings. The summed E-state index contributed by atoms with van der Waals surface area (Å²) in [6, 6.07) is 7.58. The lowest BCUT2D eigenvalue weighted by molar-refractivity contribution is 0.281. The number of halogens is 1. The monoisotopic (exact) mass is 260 g/mol. The second kappa shape index (κ2) is 5.48. The van der Waals surface area contributed by atoms with E-state index in [0.29, 0.717) is 12.0 Å². The molecule has 0 aliphatic heterocycles. The Morgan fingerprint density at radius 3 is 2.89 bits per heavy atom. The first-order valence-corrected chi connectivity index (χ1v) is 6.65. The van der Waals surface area contributed by atoms with Gasteiger partial charge >= 0.3 is 0 Å². The summed E-state index contributed by atoms with van der Waals surface area (Å²) in [5, 5.41) is 11.1. The van der Waals surface area contributed by atoms with Gasteiger partial charge in [-0.3, -0.25) is 4.68 Å². The summed E-state index contributed by atoms with van der Waals surface area (Å²) in [6.45, 7) is 1.69. The van der Waals surface area contributed by atoms with E-state index in [2.05, 4.69) is 15.6 Å². The Bertz CT molecular complexity index is 520. The first kappa shape index (κ1) is 12.3. The van der Waals surface area contributed by atoms with Crippen molar-refractivity contribution in [2.24, 2.45) is 0 Å². The second-order valence-electron chi connectivity index (χ2n) is 5.01. The Morgan fingerprint density at radius 1 is 1.32 bits per heavy atom. The third-order valence-electron chi connectivity index (χ3n) is 3.73. The molecule has 0 radical (unpaired) electrons. The smallest absolute Gasteiger partial charge is 0.126 e. The Labute approximate surface area is 111 Å². The summed E-state index contributed by atoms with van der Waals surface area (Å²) in [7, 11) is 0. The van der Waals surface area contributed by atoms with Crippen LogP contribution in [-0.2, 0) is 6.54 Å². The fraction of sp³-hybridized carbons (Fsp3) is 0.429. The van der Waals surface area contributed by atoms with Gasteiger partial charge < -0.3 is 5.32 Å². The highest BCUT2D eigenvalue weighted by Gasteiger charge is 2.31. The first-order valence-electron chi connectivity index (χ1n) is 6.65. The Balaban J connectivity index is 1.42. The maximum absolute atomic E-state index is 13.6. The molecule has 4 nitrogen and oxygen atoms in total. The molecule has 1 aromatic carbocycles. The summed E-state index contributed by atoms with van der Waals surface area (Å²) in [5.74, 6) is 0.290. The molecular formula is C14H17FN4. The van der Waals surface area contributed by atoms with Gasteiger partial charge in [0.2, 0.25) is 0 Å². The number of aromatic nitrogens is 3. The zero-order valence-corrected chi connectivity index (χ0v) is 10.7. The number of hydrogen-bond acceptors (Lipinski definition) is 3. The lowest BCUT2D eigenvalue weighted by Crippen LogP contribution is -2.41. The van der Waals surface area contributed by atoms with Crippen LogP contribution in [0.2, 0.25) is 0 Å². The Hall–Kier alpha value is -1.75. The first-order chi connectivity index (χ1) is 9.33. The molecule has 1 aliphatic rings. The number of nitrogens with one attached hydrogen (secondary N) is 1. The molecule has 5 heteroatoms. The van der Waals surface area contributed by atoms with Crippen molar-refractivity contribution in [3.63, 3.8) is 0 Å². The van der Waals surface area contributed by atoms with E-state index in [1.807, 2.05) is 18.3 Å². The summed E-state index contributed by atoms with van der Waals surface area (Å²) in [4.78, 5) is 0. The number of benzene rings is 1. The fourth-order valence-electron chi connectivity index (χ4n) is 2.58. The van der Waals surface area contributed by atoms with Crippen LogP contribution in [0.5, 0.6) is 0 Å². The molecule has 1 fully saturated rings.